The van der Waals surface area contributed by atoms with Crippen molar-refractivity contribution in [2.24, 2.45) is 0 Å². The molecular weight excluding hydrogens is 384 g/mol. The van der Waals surface area contributed by atoms with E-state index >= 15 is 0 Å². The first kappa shape index (κ1) is 19.8. The van der Waals surface area contributed by atoms with Gasteiger partial charge >= 0.3 is 0 Å². The molecule has 8 heteroatoms. The monoisotopic (exact) mass is 408 g/mol. The molecule has 1 amide bonds. The van der Waals surface area contributed by atoms with Crippen LogP contribution in [-0.2, 0) is 4.79 Å². The molecule has 0 aliphatic carbocycles. The van der Waals surface area contributed by atoms with Gasteiger partial charge in [-0.05, 0) is 55.5 Å². The summed E-state index contributed by atoms with van der Waals surface area (Å²) in [6.45, 7) is 4.37. The summed E-state index contributed by atoms with van der Waals surface area (Å²) in [5.74, 6) is 2.85. The van der Waals surface area contributed by atoms with Crippen LogP contribution in [0.4, 0.5) is 5.82 Å². The van der Waals surface area contributed by atoms with E-state index in [0.29, 0.717) is 43.4 Å². The molecule has 2 aromatic heterocycles. The lowest BCUT2D eigenvalue weighted by molar-refractivity contribution is -0.138. The number of furan rings is 1. The molecule has 1 unspecified atom stereocenters. The predicted octanol–water partition coefficient (Wildman–Crippen LogP) is 2.86. The van der Waals surface area contributed by atoms with E-state index in [-0.39, 0.29) is 5.91 Å². The van der Waals surface area contributed by atoms with E-state index in [2.05, 4.69) is 15.1 Å². The average Bonchev–Trinajstić information content (AvgIpc) is 3.34. The Bertz CT molecular complexity index is 950. The SMILES string of the molecule is COc1ccc(OC(C)C(=O)N2CCN(c3ccc(-c4ccco4)nn3)CC2)cc1. The summed E-state index contributed by atoms with van der Waals surface area (Å²) in [4.78, 5) is 16.7. The molecule has 0 spiro atoms. The molecule has 1 aromatic carbocycles. The second-order valence-corrected chi connectivity index (χ2v) is 7.00. The summed E-state index contributed by atoms with van der Waals surface area (Å²) >= 11 is 0. The largest absolute Gasteiger partial charge is 0.497 e. The topological polar surface area (TPSA) is 80.9 Å². The lowest BCUT2D eigenvalue weighted by Gasteiger charge is -2.36. The minimum absolute atomic E-state index is 0.0234. The number of ether oxygens (including phenoxy) is 2. The van der Waals surface area contributed by atoms with Crippen molar-refractivity contribution < 1.29 is 18.7 Å². The van der Waals surface area contributed by atoms with Gasteiger partial charge < -0.3 is 23.7 Å². The summed E-state index contributed by atoms with van der Waals surface area (Å²) in [6, 6.07) is 14.7. The maximum Gasteiger partial charge on any atom is 0.263 e. The van der Waals surface area contributed by atoms with E-state index in [1.165, 1.54) is 0 Å². The van der Waals surface area contributed by atoms with Crippen LogP contribution >= 0.6 is 0 Å². The summed E-state index contributed by atoms with van der Waals surface area (Å²) in [6.07, 6.45) is 1.05. The molecule has 3 heterocycles. The highest BCUT2D eigenvalue weighted by Gasteiger charge is 2.26. The van der Waals surface area contributed by atoms with E-state index in [9.17, 15) is 4.79 Å². The Morgan fingerprint density at radius 1 is 1.00 bits per heavy atom. The van der Waals surface area contributed by atoms with E-state index in [1.54, 1.807) is 32.4 Å². The number of amides is 1. The Morgan fingerprint density at radius 2 is 1.73 bits per heavy atom. The number of nitrogens with zero attached hydrogens (tertiary/aromatic N) is 4. The summed E-state index contributed by atoms with van der Waals surface area (Å²) < 4.78 is 16.3. The van der Waals surface area contributed by atoms with E-state index in [0.717, 1.165) is 11.6 Å². The number of hydrogen-bond acceptors (Lipinski definition) is 7. The van der Waals surface area contributed by atoms with Gasteiger partial charge in [-0.1, -0.05) is 0 Å². The number of piperazine rings is 1. The molecule has 0 saturated carbocycles. The number of carbonyl (C=O) groups excluding carboxylic acids is 1. The van der Waals surface area contributed by atoms with Crippen LogP contribution in [-0.4, -0.2) is 60.4 Å². The van der Waals surface area contributed by atoms with Crippen LogP contribution < -0.4 is 14.4 Å². The second-order valence-electron chi connectivity index (χ2n) is 7.00. The number of hydrogen-bond donors (Lipinski definition) is 0. The second kappa shape index (κ2) is 8.86. The van der Waals surface area contributed by atoms with Gasteiger partial charge in [0.1, 0.15) is 17.2 Å². The summed E-state index contributed by atoms with van der Waals surface area (Å²) in [5, 5.41) is 8.55. The van der Waals surface area contributed by atoms with E-state index in [1.807, 2.05) is 41.3 Å². The molecule has 3 aromatic rings. The van der Waals surface area contributed by atoms with Crippen LogP contribution in [0, 0.1) is 0 Å². The lowest BCUT2D eigenvalue weighted by Crippen LogP contribution is -2.52. The van der Waals surface area contributed by atoms with Gasteiger partial charge in [0.25, 0.3) is 5.91 Å². The van der Waals surface area contributed by atoms with E-state index in [4.69, 9.17) is 13.9 Å². The first-order valence-corrected chi connectivity index (χ1v) is 9.86. The van der Waals surface area contributed by atoms with Gasteiger partial charge in [-0.25, -0.2) is 0 Å². The van der Waals surface area contributed by atoms with Crippen LogP contribution in [0.2, 0.25) is 0 Å². The Morgan fingerprint density at radius 3 is 2.33 bits per heavy atom. The van der Waals surface area contributed by atoms with Crippen molar-refractivity contribution in [3.63, 3.8) is 0 Å². The quantitative estimate of drug-likeness (QED) is 0.620. The molecule has 1 atom stereocenters. The first-order chi connectivity index (χ1) is 14.6. The average molecular weight is 408 g/mol. The van der Waals surface area contributed by atoms with Crippen molar-refractivity contribution in [2.45, 2.75) is 13.0 Å². The third-order valence-electron chi connectivity index (χ3n) is 5.06. The fraction of sp³-hybridized carbons (Fsp3) is 0.318. The zero-order valence-corrected chi connectivity index (χ0v) is 17.0. The molecule has 0 radical (unpaired) electrons. The minimum atomic E-state index is -0.558. The number of carbonyl (C=O) groups is 1. The molecule has 1 saturated heterocycles. The highest BCUT2D eigenvalue weighted by molar-refractivity contribution is 5.81. The summed E-state index contributed by atoms with van der Waals surface area (Å²) in [7, 11) is 1.61. The number of rotatable bonds is 6. The minimum Gasteiger partial charge on any atom is -0.497 e. The molecule has 1 aliphatic rings. The smallest absolute Gasteiger partial charge is 0.263 e. The number of aromatic nitrogens is 2. The van der Waals surface area contributed by atoms with Crippen molar-refractivity contribution in [1.29, 1.82) is 0 Å². The third kappa shape index (κ3) is 4.37. The highest BCUT2D eigenvalue weighted by Crippen LogP contribution is 2.21. The van der Waals surface area contributed by atoms with Crippen molar-refractivity contribution in [3.8, 4) is 23.0 Å². The normalized spacial score (nSPS) is 15.0. The van der Waals surface area contributed by atoms with Crippen molar-refractivity contribution >= 4 is 11.7 Å². The van der Waals surface area contributed by atoms with Crippen LogP contribution in [0.3, 0.4) is 0 Å². The molecule has 1 aliphatic heterocycles. The Kier molecular flexibility index (Phi) is 5.83. The van der Waals surface area contributed by atoms with Crippen LogP contribution in [0.1, 0.15) is 6.92 Å². The number of anilines is 1. The van der Waals surface area contributed by atoms with Gasteiger partial charge in [0.2, 0.25) is 0 Å². The standard InChI is InChI=1S/C22H24N4O4/c1-16(30-18-7-5-17(28-2)6-8-18)22(27)26-13-11-25(12-14-26)21-10-9-19(23-24-21)20-4-3-15-29-20/h3-10,15-16H,11-14H2,1-2H3. The fourth-order valence-electron chi connectivity index (χ4n) is 3.37. The zero-order chi connectivity index (χ0) is 20.9. The number of methoxy groups -OCH3 is 1. The van der Waals surface area contributed by atoms with Gasteiger partial charge in [-0.2, -0.15) is 0 Å². The fourth-order valence-corrected chi connectivity index (χ4v) is 3.37. The van der Waals surface area contributed by atoms with Crippen molar-refractivity contribution in [2.75, 3.05) is 38.2 Å². The highest BCUT2D eigenvalue weighted by atomic mass is 16.5. The van der Waals surface area contributed by atoms with Crippen LogP contribution in [0.15, 0.2) is 59.2 Å². The molecule has 0 bridgehead atoms. The van der Waals surface area contributed by atoms with Gasteiger partial charge in [-0.3, -0.25) is 4.79 Å². The maximum atomic E-state index is 12.8. The van der Waals surface area contributed by atoms with Gasteiger partial charge in [0.05, 0.1) is 13.4 Å². The Balaban J connectivity index is 1.30. The molecule has 30 heavy (non-hydrogen) atoms. The molecule has 1 fully saturated rings. The third-order valence-corrected chi connectivity index (χ3v) is 5.06. The first-order valence-electron chi connectivity index (χ1n) is 9.86. The van der Waals surface area contributed by atoms with Crippen LogP contribution in [0.5, 0.6) is 11.5 Å². The molecular formula is C22H24N4O4. The maximum absolute atomic E-state index is 12.8. The Hall–Kier alpha value is -3.55. The lowest BCUT2D eigenvalue weighted by atomic mass is 10.2. The van der Waals surface area contributed by atoms with Crippen molar-refractivity contribution in [1.82, 2.24) is 15.1 Å². The number of benzene rings is 1. The Labute approximate surface area is 175 Å². The molecule has 0 N–H and O–H groups in total. The van der Waals surface area contributed by atoms with Gasteiger partial charge in [0, 0.05) is 26.2 Å². The predicted molar refractivity (Wildman–Crippen MR) is 112 cm³/mol. The molecule has 8 nitrogen and oxygen atoms in total. The van der Waals surface area contributed by atoms with Gasteiger partial charge in [0.15, 0.2) is 17.7 Å². The van der Waals surface area contributed by atoms with E-state index < -0.39 is 6.10 Å². The van der Waals surface area contributed by atoms with Crippen LogP contribution in [0.25, 0.3) is 11.5 Å². The van der Waals surface area contributed by atoms with Gasteiger partial charge in [-0.15, -0.1) is 10.2 Å². The van der Waals surface area contributed by atoms with Crippen molar-refractivity contribution in [3.05, 3.63) is 54.8 Å². The molecule has 156 valence electrons. The molecule has 4 rings (SSSR count). The zero-order valence-electron chi connectivity index (χ0n) is 17.0. The summed E-state index contributed by atoms with van der Waals surface area (Å²) in [5.41, 5.74) is 0.696.